The fraction of sp³-hybridized carbons (Fsp3) is 0.294. The van der Waals surface area contributed by atoms with Gasteiger partial charge in [0.15, 0.2) is 0 Å². The molecule has 0 bridgehead atoms. The van der Waals surface area contributed by atoms with Gasteiger partial charge in [-0.05, 0) is 58.6 Å². The third-order valence-corrected chi connectivity index (χ3v) is 4.59. The average molecular weight is 353 g/mol. The Balaban J connectivity index is 2.08. The van der Waals surface area contributed by atoms with Crippen LogP contribution in [0.25, 0.3) is 0 Å². The van der Waals surface area contributed by atoms with Crippen molar-refractivity contribution in [2.24, 2.45) is 0 Å². The zero-order valence-corrected chi connectivity index (χ0v) is 13.9. The minimum Gasteiger partial charge on any atom is -0.310 e. The fourth-order valence-corrected chi connectivity index (χ4v) is 2.75. The molecule has 3 heteroatoms. The highest BCUT2D eigenvalue weighted by Gasteiger charge is 2.11. The molecule has 0 spiro atoms. The van der Waals surface area contributed by atoms with Gasteiger partial charge < -0.3 is 5.32 Å². The lowest BCUT2D eigenvalue weighted by Crippen LogP contribution is -2.21. The van der Waals surface area contributed by atoms with Crippen molar-refractivity contribution >= 4 is 27.5 Å². The van der Waals surface area contributed by atoms with Crippen LogP contribution in [0.1, 0.15) is 30.5 Å². The van der Waals surface area contributed by atoms with Crippen molar-refractivity contribution in [1.29, 1.82) is 0 Å². The van der Waals surface area contributed by atoms with E-state index >= 15 is 0 Å². The van der Waals surface area contributed by atoms with E-state index in [1.54, 1.807) is 0 Å². The Kier molecular flexibility index (Phi) is 6.08. The van der Waals surface area contributed by atoms with Crippen LogP contribution in [-0.4, -0.2) is 6.54 Å². The molecule has 1 unspecified atom stereocenters. The largest absolute Gasteiger partial charge is 0.310 e. The monoisotopic (exact) mass is 351 g/mol. The van der Waals surface area contributed by atoms with Crippen molar-refractivity contribution in [3.05, 3.63) is 69.2 Å². The van der Waals surface area contributed by atoms with Gasteiger partial charge in [0, 0.05) is 10.5 Å². The van der Waals surface area contributed by atoms with E-state index in [0.717, 1.165) is 28.9 Å². The zero-order chi connectivity index (χ0) is 14.4. The Bertz CT molecular complexity index is 542. The van der Waals surface area contributed by atoms with E-state index in [-0.39, 0.29) is 0 Å². The second kappa shape index (κ2) is 7.82. The van der Waals surface area contributed by atoms with Gasteiger partial charge in [0.1, 0.15) is 0 Å². The summed E-state index contributed by atoms with van der Waals surface area (Å²) in [6, 6.07) is 17.1. The summed E-state index contributed by atoms with van der Waals surface area (Å²) in [7, 11) is 0. The molecule has 2 rings (SSSR count). The smallest absolute Gasteiger partial charge is 0.0551 e. The maximum absolute atomic E-state index is 6.20. The number of halogens is 2. The number of aryl methyl sites for hydroxylation is 1. The maximum Gasteiger partial charge on any atom is 0.0551 e. The molecule has 1 N–H and O–H groups in total. The third-order valence-electron chi connectivity index (χ3n) is 3.36. The van der Waals surface area contributed by atoms with Gasteiger partial charge >= 0.3 is 0 Å². The molecule has 0 radical (unpaired) electrons. The van der Waals surface area contributed by atoms with Crippen molar-refractivity contribution in [2.75, 3.05) is 6.54 Å². The number of rotatable bonds is 6. The first-order chi connectivity index (χ1) is 9.70. The Hall–Kier alpha value is -0.830. The zero-order valence-electron chi connectivity index (χ0n) is 11.6. The van der Waals surface area contributed by atoms with Gasteiger partial charge in [0.25, 0.3) is 0 Å². The second-order valence-corrected chi connectivity index (χ2v) is 6.07. The van der Waals surface area contributed by atoms with Gasteiger partial charge in [-0.2, -0.15) is 0 Å². The predicted molar refractivity (Wildman–Crippen MR) is 90.3 cm³/mol. The summed E-state index contributed by atoms with van der Waals surface area (Å²) in [6.07, 6.45) is 2.13. The highest BCUT2D eigenvalue weighted by atomic mass is 79.9. The highest BCUT2D eigenvalue weighted by molar-refractivity contribution is 9.10. The van der Waals surface area contributed by atoms with Crippen molar-refractivity contribution in [3.63, 3.8) is 0 Å². The first-order valence-electron chi connectivity index (χ1n) is 6.93. The Labute approximate surface area is 134 Å². The van der Waals surface area contributed by atoms with Gasteiger partial charge in [-0.3, -0.25) is 0 Å². The number of benzene rings is 2. The molecule has 0 heterocycles. The summed E-state index contributed by atoms with van der Waals surface area (Å²) in [5.41, 5.74) is 2.62. The van der Waals surface area contributed by atoms with Crippen LogP contribution in [0, 0.1) is 0 Å². The van der Waals surface area contributed by atoms with Crippen LogP contribution in [-0.2, 0) is 6.42 Å². The minimum atomic E-state index is 0.339. The standard InChI is InChI=1S/C17H19BrClN/c1-2-20-17(11-8-13-6-4-3-5-7-13)14-9-10-15(18)16(19)12-14/h3-7,9-10,12,17,20H,2,8,11H2,1H3. The van der Waals surface area contributed by atoms with E-state index in [4.69, 9.17) is 11.6 Å². The van der Waals surface area contributed by atoms with Gasteiger partial charge in [-0.1, -0.05) is 54.9 Å². The van der Waals surface area contributed by atoms with E-state index in [1.807, 2.05) is 12.1 Å². The van der Waals surface area contributed by atoms with E-state index in [0.29, 0.717) is 6.04 Å². The summed E-state index contributed by atoms with van der Waals surface area (Å²) in [5, 5.41) is 4.31. The van der Waals surface area contributed by atoms with Crippen LogP contribution >= 0.6 is 27.5 Å². The van der Waals surface area contributed by atoms with E-state index in [2.05, 4.69) is 64.6 Å². The molecule has 0 aliphatic rings. The molecule has 0 amide bonds. The summed E-state index contributed by atoms with van der Waals surface area (Å²) in [4.78, 5) is 0. The number of hydrogen-bond acceptors (Lipinski definition) is 1. The maximum atomic E-state index is 6.20. The van der Waals surface area contributed by atoms with Crippen LogP contribution in [0.3, 0.4) is 0 Å². The molecule has 0 saturated carbocycles. The van der Waals surface area contributed by atoms with E-state index in [1.165, 1.54) is 11.1 Å². The lowest BCUT2D eigenvalue weighted by Gasteiger charge is -2.19. The van der Waals surface area contributed by atoms with Gasteiger partial charge in [0.2, 0.25) is 0 Å². The summed E-state index contributed by atoms with van der Waals surface area (Å²) in [6.45, 7) is 3.09. The Morgan fingerprint density at radius 3 is 2.55 bits per heavy atom. The third kappa shape index (κ3) is 4.34. The van der Waals surface area contributed by atoms with Gasteiger partial charge in [-0.25, -0.2) is 0 Å². The number of hydrogen-bond donors (Lipinski definition) is 1. The number of nitrogens with one attached hydrogen (secondary N) is 1. The van der Waals surface area contributed by atoms with Crippen molar-refractivity contribution in [1.82, 2.24) is 5.32 Å². The first kappa shape index (κ1) is 15.6. The van der Waals surface area contributed by atoms with Crippen LogP contribution in [0.15, 0.2) is 53.0 Å². The van der Waals surface area contributed by atoms with E-state index < -0.39 is 0 Å². The van der Waals surface area contributed by atoms with Crippen LogP contribution in [0.4, 0.5) is 0 Å². The molecule has 2 aromatic carbocycles. The normalized spacial score (nSPS) is 12.3. The molecule has 0 aromatic heterocycles. The first-order valence-corrected chi connectivity index (χ1v) is 8.10. The molecule has 1 atom stereocenters. The molecular formula is C17H19BrClN. The molecule has 2 aromatic rings. The summed E-state index contributed by atoms with van der Waals surface area (Å²) < 4.78 is 0.946. The predicted octanol–water partition coefficient (Wildman–Crippen LogP) is 5.39. The van der Waals surface area contributed by atoms with Crippen LogP contribution in [0.2, 0.25) is 5.02 Å². The fourth-order valence-electron chi connectivity index (χ4n) is 2.32. The Morgan fingerprint density at radius 1 is 1.15 bits per heavy atom. The molecular weight excluding hydrogens is 334 g/mol. The average Bonchev–Trinajstić information content (AvgIpc) is 2.47. The lowest BCUT2D eigenvalue weighted by molar-refractivity contribution is 0.515. The Morgan fingerprint density at radius 2 is 1.90 bits per heavy atom. The quantitative estimate of drug-likeness (QED) is 0.735. The van der Waals surface area contributed by atoms with Gasteiger partial charge in [-0.15, -0.1) is 0 Å². The molecule has 0 fully saturated rings. The molecule has 20 heavy (non-hydrogen) atoms. The highest BCUT2D eigenvalue weighted by Crippen LogP contribution is 2.28. The molecule has 1 nitrogen and oxygen atoms in total. The minimum absolute atomic E-state index is 0.339. The van der Waals surface area contributed by atoms with Crippen LogP contribution < -0.4 is 5.32 Å². The van der Waals surface area contributed by atoms with Gasteiger partial charge in [0.05, 0.1) is 5.02 Å². The molecule has 0 saturated heterocycles. The van der Waals surface area contributed by atoms with E-state index in [9.17, 15) is 0 Å². The van der Waals surface area contributed by atoms with Crippen molar-refractivity contribution < 1.29 is 0 Å². The van der Waals surface area contributed by atoms with Crippen molar-refractivity contribution in [2.45, 2.75) is 25.8 Å². The molecule has 0 aliphatic carbocycles. The molecule has 106 valence electrons. The van der Waals surface area contributed by atoms with Crippen LogP contribution in [0.5, 0.6) is 0 Å². The second-order valence-electron chi connectivity index (χ2n) is 4.81. The lowest BCUT2D eigenvalue weighted by atomic mass is 9.99. The molecule has 0 aliphatic heterocycles. The summed E-state index contributed by atoms with van der Waals surface area (Å²) in [5.74, 6) is 0. The topological polar surface area (TPSA) is 12.0 Å². The summed E-state index contributed by atoms with van der Waals surface area (Å²) >= 11 is 9.64. The van der Waals surface area contributed by atoms with Crippen molar-refractivity contribution in [3.8, 4) is 0 Å². The SMILES string of the molecule is CCNC(CCc1ccccc1)c1ccc(Br)c(Cl)c1.